The molecule has 0 aromatic heterocycles. The van der Waals surface area contributed by atoms with Crippen molar-refractivity contribution in [1.29, 1.82) is 0 Å². The Labute approximate surface area is 106 Å². The Balaban J connectivity index is -0.0000000267. The maximum atomic E-state index is 8.52. The zero-order chi connectivity index (χ0) is 4.50. The van der Waals surface area contributed by atoms with E-state index in [1.54, 1.807) is 0 Å². The molecule has 0 unspecified atom stereocenters. The maximum Gasteiger partial charge on any atom is 2.00 e. The minimum absolute atomic E-state index is 0. The predicted octanol–water partition coefficient (Wildman–Crippen LogP) is -4.89. The minimum atomic E-state index is -5.17. The number of hydrogen-bond donors (Lipinski definition) is 0. The molecule has 0 aliphatic rings. The average molecular weight is 176 g/mol. The summed E-state index contributed by atoms with van der Waals surface area (Å²) in [4.78, 5) is 0. The molecule has 0 fully saturated rings. The summed E-state index contributed by atoms with van der Waals surface area (Å²) in [6.07, 6.45) is 0. The SMILES string of the molecule is O=S(=O)([O-])[O-].[K+].[Mg+2].[OH-]. The van der Waals surface area contributed by atoms with Gasteiger partial charge in [0.1, 0.15) is 0 Å². The molecule has 8 heteroatoms. The summed E-state index contributed by atoms with van der Waals surface area (Å²) in [5.41, 5.74) is 0. The molecule has 40 valence electrons. The fraction of sp³-hybridized carbons (Fsp3) is 0. The van der Waals surface area contributed by atoms with E-state index in [0.717, 1.165) is 0 Å². The summed E-state index contributed by atoms with van der Waals surface area (Å²) in [5, 5.41) is 0. The van der Waals surface area contributed by atoms with E-state index in [2.05, 4.69) is 0 Å². The molecule has 0 aliphatic heterocycles. The Bertz CT molecular complexity index is 95.6. The summed E-state index contributed by atoms with van der Waals surface area (Å²) < 4.78 is 34.1. The molecule has 5 nitrogen and oxygen atoms in total. The Kier molecular flexibility index (Phi) is 25.9. The van der Waals surface area contributed by atoms with Gasteiger partial charge in [-0.2, -0.15) is 0 Å². The summed E-state index contributed by atoms with van der Waals surface area (Å²) in [7, 11) is -5.17. The summed E-state index contributed by atoms with van der Waals surface area (Å²) in [6, 6.07) is 0. The molecule has 0 saturated heterocycles. The molecule has 1 N–H and O–H groups in total. The van der Waals surface area contributed by atoms with E-state index in [1.165, 1.54) is 0 Å². The van der Waals surface area contributed by atoms with E-state index in [1.807, 2.05) is 0 Å². The fourth-order valence-electron chi connectivity index (χ4n) is 0. The molecule has 0 spiro atoms. The van der Waals surface area contributed by atoms with Crippen LogP contribution in [0, 0.1) is 0 Å². The van der Waals surface area contributed by atoms with Crippen LogP contribution in [0.25, 0.3) is 0 Å². The predicted molar refractivity (Wildman–Crippen MR) is 18.2 cm³/mol. The normalized spacial score (nSPS) is 7.25. The first-order valence-electron chi connectivity index (χ1n) is 0.667. The van der Waals surface area contributed by atoms with Crippen molar-refractivity contribution in [3.63, 3.8) is 0 Å². The molecular weight excluding hydrogens is 175 g/mol. The molecule has 0 radical (unpaired) electrons. The van der Waals surface area contributed by atoms with Gasteiger partial charge in [0, 0.05) is 10.4 Å². The Morgan fingerprint density at radius 3 is 1.12 bits per heavy atom. The van der Waals surface area contributed by atoms with Crippen LogP contribution in [0.4, 0.5) is 0 Å². The van der Waals surface area contributed by atoms with E-state index in [0.29, 0.717) is 0 Å². The quantitative estimate of drug-likeness (QED) is 0.209. The van der Waals surface area contributed by atoms with Crippen molar-refractivity contribution in [3.05, 3.63) is 0 Å². The van der Waals surface area contributed by atoms with Crippen LogP contribution >= 0.6 is 0 Å². The van der Waals surface area contributed by atoms with Crippen molar-refractivity contribution >= 4 is 33.5 Å². The van der Waals surface area contributed by atoms with Crippen LogP contribution in [0.1, 0.15) is 0 Å². The summed E-state index contributed by atoms with van der Waals surface area (Å²) in [6.45, 7) is 0. The summed E-state index contributed by atoms with van der Waals surface area (Å²) in [5.74, 6) is 0. The summed E-state index contributed by atoms with van der Waals surface area (Å²) >= 11 is 0. The van der Waals surface area contributed by atoms with Gasteiger partial charge in [-0.3, -0.25) is 8.42 Å². The van der Waals surface area contributed by atoms with Crippen LogP contribution < -0.4 is 51.4 Å². The van der Waals surface area contributed by atoms with Gasteiger partial charge in [0.2, 0.25) is 0 Å². The van der Waals surface area contributed by atoms with Crippen molar-refractivity contribution < 1.29 is 74.4 Å². The smallest absolute Gasteiger partial charge is 0.870 e. The van der Waals surface area contributed by atoms with E-state index in [4.69, 9.17) is 17.5 Å². The number of hydrogen-bond acceptors (Lipinski definition) is 5. The van der Waals surface area contributed by atoms with Gasteiger partial charge in [-0.1, -0.05) is 0 Å². The van der Waals surface area contributed by atoms with Gasteiger partial charge in [0.15, 0.2) is 0 Å². The van der Waals surface area contributed by atoms with Crippen molar-refractivity contribution in [2.45, 2.75) is 0 Å². The van der Waals surface area contributed by atoms with Crippen molar-refractivity contribution in [3.8, 4) is 0 Å². The first kappa shape index (κ1) is 22.5. The van der Waals surface area contributed by atoms with E-state index in [-0.39, 0.29) is 79.9 Å². The van der Waals surface area contributed by atoms with Crippen LogP contribution in [0.5, 0.6) is 0 Å². The third-order valence-electron chi connectivity index (χ3n) is 0. The second-order valence-corrected chi connectivity index (χ2v) is 1.22. The van der Waals surface area contributed by atoms with Crippen LogP contribution in [-0.4, -0.2) is 46.1 Å². The second-order valence-electron chi connectivity index (χ2n) is 0.408. The fourth-order valence-corrected chi connectivity index (χ4v) is 0. The maximum absolute atomic E-state index is 8.52. The van der Waals surface area contributed by atoms with Crippen LogP contribution in [0.15, 0.2) is 0 Å². The third-order valence-corrected chi connectivity index (χ3v) is 0. The average Bonchev–Trinajstić information content (AvgIpc) is 0.722. The van der Waals surface area contributed by atoms with Gasteiger partial charge < -0.3 is 14.6 Å². The Hall–Kier alpha value is 2.23. The second kappa shape index (κ2) is 9.23. The van der Waals surface area contributed by atoms with Crippen molar-refractivity contribution in [2.24, 2.45) is 0 Å². The molecule has 0 rings (SSSR count). The largest absolute Gasteiger partial charge is 2.00 e. The van der Waals surface area contributed by atoms with Gasteiger partial charge in [-0.25, -0.2) is 0 Å². The first-order chi connectivity index (χ1) is 2.00. The van der Waals surface area contributed by atoms with Gasteiger partial charge in [-0.15, -0.1) is 0 Å². The third kappa shape index (κ3) is 86.4. The molecule has 0 bridgehead atoms. The zero-order valence-corrected chi connectivity index (χ0v) is 9.55. The molecule has 0 atom stereocenters. The molecular formula is HKMgO5S. The molecule has 0 heterocycles. The minimum Gasteiger partial charge on any atom is -0.870 e. The van der Waals surface area contributed by atoms with E-state index >= 15 is 0 Å². The standard InChI is InChI=1S/K.Mg.H2O4S.H2O/c;;1-5(2,3)4;/h;;(H2,1,2,3,4);1H2/q+1;+2;;/p-3. The van der Waals surface area contributed by atoms with Crippen LogP contribution in [0.3, 0.4) is 0 Å². The molecule has 0 aromatic carbocycles. The molecule has 0 saturated carbocycles. The Morgan fingerprint density at radius 1 is 1.12 bits per heavy atom. The topological polar surface area (TPSA) is 110 Å². The molecule has 0 aliphatic carbocycles. The zero-order valence-electron chi connectivity index (χ0n) is 4.20. The van der Waals surface area contributed by atoms with E-state index in [9.17, 15) is 0 Å². The molecule has 0 amide bonds. The first-order valence-corrected chi connectivity index (χ1v) is 2.00. The Morgan fingerprint density at radius 2 is 1.12 bits per heavy atom. The van der Waals surface area contributed by atoms with Crippen LogP contribution in [0.2, 0.25) is 0 Å². The van der Waals surface area contributed by atoms with Crippen molar-refractivity contribution in [1.82, 2.24) is 0 Å². The van der Waals surface area contributed by atoms with Crippen molar-refractivity contribution in [2.75, 3.05) is 0 Å². The monoisotopic (exact) mass is 176 g/mol. The molecule has 0 aromatic rings. The van der Waals surface area contributed by atoms with Gasteiger partial charge >= 0.3 is 74.4 Å². The van der Waals surface area contributed by atoms with E-state index < -0.39 is 10.4 Å². The number of rotatable bonds is 0. The van der Waals surface area contributed by atoms with Gasteiger partial charge in [0.05, 0.1) is 0 Å². The van der Waals surface area contributed by atoms with Gasteiger partial charge in [0.25, 0.3) is 0 Å². The van der Waals surface area contributed by atoms with Crippen LogP contribution in [-0.2, 0) is 10.4 Å². The van der Waals surface area contributed by atoms with Gasteiger partial charge in [-0.05, 0) is 0 Å². The molecule has 8 heavy (non-hydrogen) atoms.